The van der Waals surface area contributed by atoms with Crippen molar-refractivity contribution in [3.05, 3.63) is 83.6 Å². The summed E-state index contributed by atoms with van der Waals surface area (Å²) in [6.07, 6.45) is 1.60. The molecule has 0 atom stereocenters. The van der Waals surface area contributed by atoms with Crippen molar-refractivity contribution < 1.29 is 4.79 Å². The van der Waals surface area contributed by atoms with Crippen LogP contribution in [-0.2, 0) is 5.41 Å². The molecule has 1 heterocycles. The number of nitrogens with one attached hydrogen (secondary N) is 2. The summed E-state index contributed by atoms with van der Waals surface area (Å²) in [5.41, 5.74) is 3.80. The number of pyridine rings is 1. The van der Waals surface area contributed by atoms with Gasteiger partial charge in [-0.15, -0.1) is 0 Å². The van der Waals surface area contributed by atoms with Gasteiger partial charge in [0.1, 0.15) is 5.82 Å². The zero-order chi connectivity index (χ0) is 20.1. The Labute approximate surface area is 165 Å². The fourth-order valence-corrected chi connectivity index (χ4v) is 2.68. The molecular formula is C23H22N4O. The largest absolute Gasteiger partial charge is 0.340 e. The zero-order valence-corrected chi connectivity index (χ0v) is 16.2. The average molecular weight is 370 g/mol. The van der Waals surface area contributed by atoms with E-state index in [1.54, 1.807) is 36.5 Å². The number of carbonyl (C=O) groups excluding carboxylic acids is 1. The molecule has 0 aliphatic heterocycles. The summed E-state index contributed by atoms with van der Waals surface area (Å²) in [4.78, 5) is 16.8. The van der Waals surface area contributed by atoms with Gasteiger partial charge in [-0.25, -0.2) is 4.98 Å². The van der Waals surface area contributed by atoms with Crippen molar-refractivity contribution in [2.24, 2.45) is 0 Å². The molecule has 0 aliphatic rings. The summed E-state index contributed by atoms with van der Waals surface area (Å²) in [6, 6.07) is 20.5. The highest BCUT2D eigenvalue weighted by Crippen LogP contribution is 2.23. The quantitative estimate of drug-likeness (QED) is 0.658. The zero-order valence-electron chi connectivity index (χ0n) is 16.2. The molecule has 1 aromatic heterocycles. The maximum Gasteiger partial charge on any atom is 0.255 e. The first-order chi connectivity index (χ1) is 13.3. The van der Waals surface area contributed by atoms with Crippen LogP contribution in [0.4, 0.5) is 17.2 Å². The number of hydrogen-bond donors (Lipinski definition) is 2. The molecule has 3 rings (SSSR count). The second kappa shape index (κ2) is 7.93. The Hall–Kier alpha value is -3.65. The molecule has 1 amide bonds. The molecule has 0 fully saturated rings. The minimum absolute atomic E-state index is 0.0501. The molecule has 2 aromatic carbocycles. The van der Waals surface area contributed by atoms with Crippen LogP contribution >= 0.6 is 0 Å². The molecule has 5 heteroatoms. The van der Waals surface area contributed by atoms with E-state index in [2.05, 4.69) is 42.5 Å². The lowest BCUT2D eigenvalue weighted by atomic mass is 9.87. The first-order valence-corrected chi connectivity index (χ1v) is 9.00. The molecule has 0 unspecified atom stereocenters. The van der Waals surface area contributed by atoms with E-state index < -0.39 is 0 Å². The van der Waals surface area contributed by atoms with Gasteiger partial charge in [0.05, 0.1) is 23.5 Å². The van der Waals surface area contributed by atoms with Crippen LogP contribution in [0.15, 0.2) is 66.9 Å². The predicted octanol–water partition coefficient (Wildman–Crippen LogP) is 5.25. The third-order valence-electron chi connectivity index (χ3n) is 4.30. The van der Waals surface area contributed by atoms with E-state index in [9.17, 15) is 4.79 Å². The Kier molecular flexibility index (Phi) is 5.42. The third kappa shape index (κ3) is 4.74. The normalized spacial score (nSPS) is 10.8. The summed E-state index contributed by atoms with van der Waals surface area (Å²) >= 11 is 0. The maximum absolute atomic E-state index is 12.4. The van der Waals surface area contributed by atoms with E-state index in [4.69, 9.17) is 5.26 Å². The maximum atomic E-state index is 12.4. The number of aromatic nitrogens is 1. The third-order valence-corrected chi connectivity index (χ3v) is 4.30. The number of anilines is 3. The molecule has 2 N–H and O–H groups in total. The number of carbonyl (C=O) groups is 1. The molecule has 0 bridgehead atoms. The monoisotopic (exact) mass is 370 g/mol. The summed E-state index contributed by atoms with van der Waals surface area (Å²) in [7, 11) is 0. The van der Waals surface area contributed by atoms with Crippen LogP contribution in [0.5, 0.6) is 0 Å². The molecule has 0 spiro atoms. The number of benzene rings is 2. The van der Waals surface area contributed by atoms with Gasteiger partial charge in [-0.05, 0) is 53.4 Å². The molecule has 0 radical (unpaired) electrons. The second-order valence-electron chi connectivity index (χ2n) is 7.53. The number of rotatable bonds is 4. The number of nitriles is 1. The van der Waals surface area contributed by atoms with Gasteiger partial charge in [0, 0.05) is 11.3 Å². The highest BCUT2D eigenvalue weighted by atomic mass is 16.1. The van der Waals surface area contributed by atoms with Crippen molar-refractivity contribution in [1.82, 2.24) is 4.98 Å². The van der Waals surface area contributed by atoms with Crippen LogP contribution < -0.4 is 10.6 Å². The minimum atomic E-state index is -0.176. The first-order valence-electron chi connectivity index (χ1n) is 9.00. The van der Waals surface area contributed by atoms with Gasteiger partial charge < -0.3 is 10.6 Å². The van der Waals surface area contributed by atoms with Crippen LogP contribution in [-0.4, -0.2) is 10.9 Å². The molecule has 0 saturated heterocycles. The molecule has 0 saturated carbocycles. The topological polar surface area (TPSA) is 77.8 Å². The summed E-state index contributed by atoms with van der Waals surface area (Å²) in [5, 5.41) is 15.0. The first kappa shape index (κ1) is 19.1. The van der Waals surface area contributed by atoms with Gasteiger partial charge in [-0.3, -0.25) is 4.79 Å². The highest BCUT2D eigenvalue weighted by molar-refractivity contribution is 6.04. The van der Waals surface area contributed by atoms with Crippen molar-refractivity contribution in [3.63, 3.8) is 0 Å². The van der Waals surface area contributed by atoms with Crippen molar-refractivity contribution >= 4 is 23.1 Å². The Morgan fingerprint density at radius 3 is 2.36 bits per heavy atom. The SMILES string of the molecule is CC(C)(C)c1ccc(C(=O)Nc2ccc(Nc3cccc(C#N)c3)nc2)cc1. The Balaban J connectivity index is 1.65. The fraction of sp³-hybridized carbons (Fsp3) is 0.174. The molecule has 28 heavy (non-hydrogen) atoms. The minimum Gasteiger partial charge on any atom is -0.340 e. The lowest BCUT2D eigenvalue weighted by Gasteiger charge is -2.19. The van der Waals surface area contributed by atoms with Crippen molar-refractivity contribution in [1.29, 1.82) is 5.26 Å². The van der Waals surface area contributed by atoms with E-state index in [0.29, 0.717) is 22.6 Å². The van der Waals surface area contributed by atoms with Crippen LogP contribution in [0.1, 0.15) is 42.3 Å². The Morgan fingerprint density at radius 1 is 1.00 bits per heavy atom. The van der Waals surface area contributed by atoms with Gasteiger partial charge >= 0.3 is 0 Å². The Morgan fingerprint density at radius 2 is 1.75 bits per heavy atom. The highest BCUT2D eigenvalue weighted by Gasteiger charge is 2.14. The van der Waals surface area contributed by atoms with E-state index >= 15 is 0 Å². The van der Waals surface area contributed by atoms with E-state index in [1.807, 2.05) is 30.3 Å². The van der Waals surface area contributed by atoms with Gasteiger partial charge in [0.15, 0.2) is 0 Å². The van der Waals surface area contributed by atoms with Crippen LogP contribution in [0.2, 0.25) is 0 Å². The van der Waals surface area contributed by atoms with Crippen LogP contribution in [0.25, 0.3) is 0 Å². The molecule has 140 valence electrons. The van der Waals surface area contributed by atoms with E-state index in [1.165, 1.54) is 5.56 Å². The van der Waals surface area contributed by atoms with Gasteiger partial charge in [0.2, 0.25) is 0 Å². The predicted molar refractivity (Wildman–Crippen MR) is 112 cm³/mol. The van der Waals surface area contributed by atoms with Crippen LogP contribution in [0, 0.1) is 11.3 Å². The van der Waals surface area contributed by atoms with Crippen molar-refractivity contribution in [3.8, 4) is 6.07 Å². The Bertz CT molecular complexity index is 1010. The lowest BCUT2D eigenvalue weighted by Crippen LogP contribution is -2.14. The standard InChI is InChI=1S/C23H22N4O/c1-23(2,3)18-9-7-17(8-10-18)22(28)27-20-11-12-21(25-15-20)26-19-6-4-5-16(13-19)14-24/h4-13,15H,1-3H3,(H,25,26)(H,27,28). The fourth-order valence-electron chi connectivity index (χ4n) is 2.68. The van der Waals surface area contributed by atoms with Crippen LogP contribution in [0.3, 0.4) is 0 Å². The molecule has 0 aliphatic carbocycles. The molecular weight excluding hydrogens is 348 g/mol. The lowest BCUT2D eigenvalue weighted by molar-refractivity contribution is 0.102. The number of amides is 1. The van der Waals surface area contributed by atoms with Crippen molar-refractivity contribution in [2.45, 2.75) is 26.2 Å². The second-order valence-corrected chi connectivity index (χ2v) is 7.53. The summed E-state index contributed by atoms with van der Waals surface area (Å²) < 4.78 is 0. The van der Waals surface area contributed by atoms with E-state index in [-0.39, 0.29) is 11.3 Å². The van der Waals surface area contributed by atoms with Gasteiger partial charge in [0.25, 0.3) is 5.91 Å². The van der Waals surface area contributed by atoms with Gasteiger partial charge in [-0.1, -0.05) is 39.0 Å². The number of hydrogen-bond acceptors (Lipinski definition) is 4. The molecule has 3 aromatic rings. The van der Waals surface area contributed by atoms with Crippen molar-refractivity contribution in [2.75, 3.05) is 10.6 Å². The summed E-state index contributed by atoms with van der Waals surface area (Å²) in [5.74, 6) is 0.451. The average Bonchev–Trinajstić information content (AvgIpc) is 2.69. The van der Waals surface area contributed by atoms with Gasteiger partial charge in [-0.2, -0.15) is 5.26 Å². The smallest absolute Gasteiger partial charge is 0.255 e. The molecule has 5 nitrogen and oxygen atoms in total. The number of nitrogens with zero attached hydrogens (tertiary/aromatic N) is 2. The van der Waals surface area contributed by atoms with E-state index in [0.717, 1.165) is 5.69 Å². The summed E-state index contributed by atoms with van der Waals surface area (Å²) in [6.45, 7) is 6.42.